The molecule has 2 amide bonds. The molecule has 0 spiro atoms. The highest BCUT2D eigenvalue weighted by atomic mass is 32.1. The molecular formula is C20H19N5O3S. The largest absolute Gasteiger partial charge is 0.368 e. The van der Waals surface area contributed by atoms with Gasteiger partial charge >= 0.3 is 6.03 Å². The number of hydrogen-bond donors (Lipinski definition) is 1. The lowest BCUT2D eigenvalue weighted by Gasteiger charge is -2.35. The van der Waals surface area contributed by atoms with Crippen molar-refractivity contribution in [2.24, 2.45) is 0 Å². The maximum atomic E-state index is 12.6. The Morgan fingerprint density at radius 3 is 2.38 bits per heavy atom. The Hall–Kier alpha value is -3.46. The molecule has 0 saturated carbocycles. The van der Waals surface area contributed by atoms with Gasteiger partial charge in [0.2, 0.25) is 0 Å². The van der Waals surface area contributed by atoms with E-state index in [1.165, 1.54) is 23.7 Å². The summed E-state index contributed by atoms with van der Waals surface area (Å²) >= 11 is 1.26. The predicted molar refractivity (Wildman–Crippen MR) is 113 cm³/mol. The molecule has 0 aliphatic carbocycles. The van der Waals surface area contributed by atoms with Gasteiger partial charge in [-0.1, -0.05) is 30.3 Å². The number of rotatable bonds is 4. The minimum Gasteiger partial charge on any atom is -0.368 e. The van der Waals surface area contributed by atoms with Crippen molar-refractivity contribution in [2.75, 3.05) is 36.4 Å². The van der Waals surface area contributed by atoms with Crippen LogP contribution in [0, 0.1) is 10.1 Å². The first-order valence-electron chi connectivity index (χ1n) is 9.17. The van der Waals surface area contributed by atoms with Gasteiger partial charge in [0.1, 0.15) is 5.00 Å². The predicted octanol–water partition coefficient (Wildman–Crippen LogP) is 4.07. The van der Waals surface area contributed by atoms with E-state index in [4.69, 9.17) is 0 Å². The van der Waals surface area contributed by atoms with E-state index in [9.17, 15) is 14.9 Å². The number of aromatic nitrogens is 1. The summed E-state index contributed by atoms with van der Waals surface area (Å²) in [7, 11) is 0. The topological polar surface area (TPSA) is 91.6 Å². The van der Waals surface area contributed by atoms with E-state index in [0.29, 0.717) is 31.2 Å². The summed E-state index contributed by atoms with van der Waals surface area (Å²) in [5, 5.41) is 14.4. The fraction of sp³-hybridized carbons (Fsp3) is 0.200. The second kappa shape index (κ2) is 8.27. The van der Waals surface area contributed by atoms with Gasteiger partial charge in [-0.3, -0.25) is 15.4 Å². The molecule has 1 N–H and O–H groups in total. The van der Waals surface area contributed by atoms with Crippen LogP contribution < -0.4 is 10.2 Å². The normalized spacial score (nSPS) is 13.9. The number of nitrogens with one attached hydrogen (secondary N) is 1. The SMILES string of the molecule is O=C(Nc1cc(-c2ccccc2)ns1)N1CCN(c2ccc([N+](=O)[O-])cc2)CC1. The fourth-order valence-electron chi connectivity index (χ4n) is 3.22. The van der Waals surface area contributed by atoms with E-state index >= 15 is 0 Å². The molecule has 1 aliphatic heterocycles. The van der Waals surface area contributed by atoms with Gasteiger partial charge in [0.05, 0.1) is 10.6 Å². The molecule has 2 heterocycles. The minimum absolute atomic E-state index is 0.0752. The first kappa shape index (κ1) is 18.9. The first-order valence-corrected chi connectivity index (χ1v) is 9.95. The molecule has 2 aromatic carbocycles. The summed E-state index contributed by atoms with van der Waals surface area (Å²) in [5.74, 6) is 0. The van der Waals surface area contributed by atoms with Crippen LogP contribution in [-0.4, -0.2) is 46.4 Å². The lowest BCUT2D eigenvalue weighted by Crippen LogP contribution is -2.50. The quantitative estimate of drug-likeness (QED) is 0.518. The summed E-state index contributed by atoms with van der Waals surface area (Å²) in [6.07, 6.45) is 0. The van der Waals surface area contributed by atoms with Crippen LogP contribution in [0.1, 0.15) is 0 Å². The monoisotopic (exact) mass is 409 g/mol. The molecule has 4 rings (SSSR count). The standard InChI is InChI=1S/C20H19N5O3S/c26-20(21-19-14-18(22-29-19)15-4-2-1-3-5-15)24-12-10-23(11-13-24)16-6-8-17(9-7-16)25(27)28/h1-9,14H,10-13H2,(H,21,26). The summed E-state index contributed by atoms with van der Waals surface area (Å²) in [6, 6.07) is 18.1. The lowest BCUT2D eigenvalue weighted by atomic mass is 10.2. The third-order valence-electron chi connectivity index (χ3n) is 4.80. The number of nitro groups is 1. The Morgan fingerprint density at radius 2 is 1.72 bits per heavy atom. The number of carbonyl (C=O) groups is 1. The van der Waals surface area contributed by atoms with E-state index in [2.05, 4.69) is 14.6 Å². The van der Waals surface area contributed by atoms with Crippen molar-refractivity contribution in [1.82, 2.24) is 9.27 Å². The molecule has 29 heavy (non-hydrogen) atoms. The molecule has 1 aliphatic rings. The minimum atomic E-state index is -0.408. The van der Waals surface area contributed by atoms with Crippen molar-refractivity contribution in [1.29, 1.82) is 0 Å². The molecule has 1 aromatic heterocycles. The summed E-state index contributed by atoms with van der Waals surface area (Å²) in [6.45, 7) is 2.49. The molecule has 0 atom stereocenters. The third-order valence-corrected chi connectivity index (χ3v) is 5.51. The van der Waals surface area contributed by atoms with Gasteiger partial charge in [0, 0.05) is 55.6 Å². The van der Waals surface area contributed by atoms with Crippen LogP contribution in [0.4, 0.5) is 21.2 Å². The number of urea groups is 1. The van der Waals surface area contributed by atoms with Crippen molar-refractivity contribution in [2.45, 2.75) is 0 Å². The maximum Gasteiger partial charge on any atom is 0.322 e. The van der Waals surface area contributed by atoms with Crippen LogP contribution in [0.3, 0.4) is 0 Å². The van der Waals surface area contributed by atoms with Crippen molar-refractivity contribution in [3.63, 3.8) is 0 Å². The Balaban J connectivity index is 1.32. The van der Waals surface area contributed by atoms with Crippen LogP contribution in [-0.2, 0) is 0 Å². The number of nitrogens with zero attached hydrogens (tertiary/aromatic N) is 4. The van der Waals surface area contributed by atoms with E-state index in [1.807, 2.05) is 36.4 Å². The van der Waals surface area contributed by atoms with Crippen LogP contribution in [0.15, 0.2) is 60.7 Å². The average molecular weight is 409 g/mol. The molecule has 1 fully saturated rings. The molecule has 1 saturated heterocycles. The molecule has 9 heteroatoms. The van der Waals surface area contributed by atoms with Crippen molar-refractivity contribution >= 4 is 33.9 Å². The second-order valence-corrected chi connectivity index (χ2v) is 7.43. The van der Waals surface area contributed by atoms with Gasteiger partial charge in [-0.05, 0) is 23.7 Å². The number of benzene rings is 2. The zero-order valence-corrected chi connectivity index (χ0v) is 16.3. The van der Waals surface area contributed by atoms with Gasteiger partial charge in [0.25, 0.3) is 5.69 Å². The Bertz CT molecular complexity index is 998. The molecule has 8 nitrogen and oxygen atoms in total. The number of hydrogen-bond acceptors (Lipinski definition) is 6. The van der Waals surface area contributed by atoms with E-state index in [0.717, 1.165) is 16.9 Å². The second-order valence-electron chi connectivity index (χ2n) is 6.62. The highest BCUT2D eigenvalue weighted by Gasteiger charge is 2.22. The number of anilines is 2. The van der Waals surface area contributed by atoms with Crippen molar-refractivity contribution in [3.05, 3.63) is 70.8 Å². The highest BCUT2D eigenvalue weighted by Crippen LogP contribution is 2.26. The van der Waals surface area contributed by atoms with E-state index in [-0.39, 0.29) is 11.7 Å². The van der Waals surface area contributed by atoms with E-state index in [1.54, 1.807) is 17.0 Å². The Morgan fingerprint density at radius 1 is 1.03 bits per heavy atom. The highest BCUT2D eigenvalue weighted by molar-refractivity contribution is 7.10. The van der Waals surface area contributed by atoms with Gasteiger partial charge < -0.3 is 9.80 Å². The number of nitro benzene ring substituents is 1. The molecule has 0 bridgehead atoms. The van der Waals surface area contributed by atoms with Crippen LogP contribution in [0.2, 0.25) is 0 Å². The van der Waals surface area contributed by atoms with E-state index < -0.39 is 4.92 Å². The molecular weight excluding hydrogens is 390 g/mol. The zero-order chi connectivity index (χ0) is 20.2. The summed E-state index contributed by atoms with van der Waals surface area (Å²) in [4.78, 5) is 26.8. The third kappa shape index (κ3) is 4.35. The summed E-state index contributed by atoms with van der Waals surface area (Å²) in [5.41, 5.74) is 2.85. The molecule has 0 radical (unpaired) electrons. The zero-order valence-electron chi connectivity index (χ0n) is 15.5. The maximum absolute atomic E-state index is 12.6. The number of carbonyl (C=O) groups excluding carboxylic acids is 1. The van der Waals surface area contributed by atoms with Gasteiger partial charge in [-0.2, -0.15) is 4.37 Å². The van der Waals surface area contributed by atoms with Gasteiger partial charge in [-0.15, -0.1) is 0 Å². The first-order chi connectivity index (χ1) is 14.1. The smallest absolute Gasteiger partial charge is 0.322 e. The molecule has 3 aromatic rings. The van der Waals surface area contributed by atoms with Crippen LogP contribution in [0.5, 0.6) is 0 Å². The van der Waals surface area contributed by atoms with Gasteiger partial charge in [-0.25, -0.2) is 4.79 Å². The van der Waals surface area contributed by atoms with Crippen LogP contribution in [0.25, 0.3) is 11.3 Å². The number of amides is 2. The van der Waals surface area contributed by atoms with Crippen LogP contribution >= 0.6 is 11.5 Å². The number of non-ortho nitro benzene ring substituents is 1. The van der Waals surface area contributed by atoms with Gasteiger partial charge in [0.15, 0.2) is 0 Å². The lowest BCUT2D eigenvalue weighted by molar-refractivity contribution is -0.384. The van der Waals surface area contributed by atoms with Crippen molar-refractivity contribution in [3.8, 4) is 11.3 Å². The Kier molecular flexibility index (Phi) is 5.39. The Labute approximate surface area is 171 Å². The summed E-state index contributed by atoms with van der Waals surface area (Å²) < 4.78 is 4.41. The number of piperazine rings is 1. The average Bonchev–Trinajstić information content (AvgIpc) is 3.23. The fourth-order valence-corrected chi connectivity index (χ4v) is 3.87. The molecule has 0 unspecified atom stereocenters. The molecule has 148 valence electrons. The van der Waals surface area contributed by atoms with Crippen molar-refractivity contribution < 1.29 is 9.72 Å².